The van der Waals surface area contributed by atoms with Gasteiger partial charge in [-0.3, -0.25) is 19.3 Å². The van der Waals surface area contributed by atoms with Gasteiger partial charge in [-0.05, 0) is 43.7 Å². The Hall–Kier alpha value is -3.87. The Balaban J connectivity index is 1.62. The minimum Gasteiger partial charge on any atom is -0.507 e. The molecule has 0 saturated heterocycles. The largest absolute Gasteiger partial charge is 0.507 e. The van der Waals surface area contributed by atoms with Crippen LogP contribution in [0.15, 0.2) is 54.6 Å². The Bertz CT molecular complexity index is 1220. The SMILES string of the molecule is CCCC(=O)c1ccc2c(c1)N(CC(=O)Nc1cccc3c(O)cccc13)C(=O)C(C)O2. The second-order valence-electron chi connectivity index (χ2n) is 7.77. The first-order valence-corrected chi connectivity index (χ1v) is 10.5. The van der Waals surface area contributed by atoms with Gasteiger partial charge in [0.15, 0.2) is 11.9 Å². The van der Waals surface area contributed by atoms with Gasteiger partial charge in [-0.1, -0.05) is 31.2 Å². The molecule has 1 atom stereocenters. The third kappa shape index (κ3) is 4.01. The van der Waals surface area contributed by atoms with Crippen LogP contribution in [0.1, 0.15) is 37.0 Å². The van der Waals surface area contributed by atoms with Gasteiger partial charge in [0.1, 0.15) is 18.0 Å². The quantitative estimate of drug-likeness (QED) is 0.567. The van der Waals surface area contributed by atoms with Crippen LogP contribution >= 0.6 is 0 Å². The number of amides is 2. The highest BCUT2D eigenvalue weighted by atomic mass is 16.5. The molecule has 0 fully saturated rings. The molecule has 164 valence electrons. The van der Waals surface area contributed by atoms with E-state index < -0.39 is 12.0 Å². The molecule has 1 aliphatic heterocycles. The number of rotatable bonds is 6. The number of phenols is 1. The highest BCUT2D eigenvalue weighted by molar-refractivity contribution is 6.09. The Morgan fingerprint density at radius 1 is 1.09 bits per heavy atom. The molecule has 4 rings (SSSR count). The lowest BCUT2D eigenvalue weighted by Gasteiger charge is -2.33. The first-order valence-electron chi connectivity index (χ1n) is 10.5. The van der Waals surface area contributed by atoms with Crippen LogP contribution in [0.4, 0.5) is 11.4 Å². The summed E-state index contributed by atoms with van der Waals surface area (Å²) in [6.07, 6.45) is 0.370. The number of phenolic OH excluding ortho intramolecular Hbond substituents is 1. The van der Waals surface area contributed by atoms with Gasteiger partial charge in [0, 0.05) is 28.4 Å². The van der Waals surface area contributed by atoms with Crippen LogP contribution in [0.3, 0.4) is 0 Å². The molecule has 0 radical (unpaired) electrons. The second-order valence-corrected chi connectivity index (χ2v) is 7.77. The van der Waals surface area contributed by atoms with Gasteiger partial charge < -0.3 is 15.2 Å². The van der Waals surface area contributed by atoms with Gasteiger partial charge in [0.05, 0.1) is 5.69 Å². The molecule has 7 nitrogen and oxygen atoms in total. The summed E-state index contributed by atoms with van der Waals surface area (Å²) in [5.41, 5.74) is 1.41. The summed E-state index contributed by atoms with van der Waals surface area (Å²) in [6.45, 7) is 3.31. The first kappa shape index (κ1) is 21.4. The molecule has 2 N–H and O–H groups in total. The zero-order chi connectivity index (χ0) is 22.8. The summed E-state index contributed by atoms with van der Waals surface area (Å²) >= 11 is 0. The number of aromatic hydroxyl groups is 1. The third-order valence-electron chi connectivity index (χ3n) is 5.44. The van der Waals surface area contributed by atoms with Crippen LogP contribution in [-0.4, -0.2) is 35.4 Å². The number of carbonyl (C=O) groups excluding carboxylic acids is 3. The Morgan fingerprint density at radius 3 is 2.62 bits per heavy atom. The molecule has 0 saturated carbocycles. The molecule has 3 aromatic rings. The van der Waals surface area contributed by atoms with Crippen LogP contribution in [0, 0.1) is 0 Å². The number of fused-ring (bicyclic) bond motifs is 2. The Kier molecular flexibility index (Phi) is 5.81. The summed E-state index contributed by atoms with van der Waals surface area (Å²) in [7, 11) is 0. The number of ether oxygens (including phenoxy) is 1. The van der Waals surface area contributed by atoms with Crippen molar-refractivity contribution in [2.24, 2.45) is 0 Å². The fourth-order valence-corrected chi connectivity index (χ4v) is 3.85. The minimum atomic E-state index is -0.748. The number of carbonyl (C=O) groups is 3. The number of nitrogens with one attached hydrogen (secondary N) is 1. The second kappa shape index (κ2) is 8.70. The number of ketones is 1. The summed E-state index contributed by atoms with van der Waals surface area (Å²) in [5.74, 6) is -0.216. The van der Waals surface area contributed by atoms with Crippen LogP contribution in [0.2, 0.25) is 0 Å². The van der Waals surface area contributed by atoms with E-state index in [0.717, 1.165) is 6.42 Å². The molecular formula is C25H24N2O5. The molecule has 0 spiro atoms. The van der Waals surface area contributed by atoms with Gasteiger partial charge in [0.2, 0.25) is 5.91 Å². The van der Waals surface area contributed by atoms with E-state index in [2.05, 4.69) is 5.32 Å². The first-order chi connectivity index (χ1) is 15.4. The fraction of sp³-hybridized carbons (Fsp3) is 0.240. The van der Waals surface area contributed by atoms with Crippen molar-refractivity contribution in [3.63, 3.8) is 0 Å². The maximum atomic E-state index is 12.9. The van der Waals surface area contributed by atoms with Crippen molar-refractivity contribution in [3.05, 3.63) is 60.2 Å². The maximum absolute atomic E-state index is 12.9. The third-order valence-corrected chi connectivity index (χ3v) is 5.44. The maximum Gasteiger partial charge on any atom is 0.268 e. The smallest absolute Gasteiger partial charge is 0.268 e. The number of benzene rings is 3. The van der Waals surface area contributed by atoms with E-state index in [4.69, 9.17) is 4.74 Å². The minimum absolute atomic E-state index is 0.0265. The van der Waals surface area contributed by atoms with E-state index in [1.54, 1.807) is 61.5 Å². The normalized spacial score (nSPS) is 15.2. The highest BCUT2D eigenvalue weighted by Gasteiger charge is 2.33. The van der Waals surface area contributed by atoms with E-state index in [0.29, 0.717) is 39.9 Å². The number of hydrogen-bond donors (Lipinski definition) is 2. The van der Waals surface area contributed by atoms with Crippen LogP contribution in [-0.2, 0) is 9.59 Å². The molecule has 32 heavy (non-hydrogen) atoms. The molecule has 0 aromatic heterocycles. The fourth-order valence-electron chi connectivity index (χ4n) is 3.85. The lowest BCUT2D eigenvalue weighted by molar-refractivity contribution is -0.127. The van der Waals surface area contributed by atoms with E-state index in [1.165, 1.54) is 4.90 Å². The van der Waals surface area contributed by atoms with Crippen molar-refractivity contribution in [3.8, 4) is 11.5 Å². The monoisotopic (exact) mass is 432 g/mol. The van der Waals surface area contributed by atoms with Crippen molar-refractivity contribution in [1.82, 2.24) is 0 Å². The van der Waals surface area contributed by atoms with Gasteiger partial charge in [-0.15, -0.1) is 0 Å². The number of hydrogen-bond acceptors (Lipinski definition) is 5. The average Bonchev–Trinajstić information content (AvgIpc) is 2.77. The van der Waals surface area contributed by atoms with Gasteiger partial charge >= 0.3 is 0 Å². The van der Waals surface area contributed by atoms with Gasteiger partial charge in [0.25, 0.3) is 5.91 Å². The Morgan fingerprint density at radius 2 is 1.84 bits per heavy atom. The number of Topliss-reactive ketones (excluding diaryl/α,β-unsaturated/α-hetero) is 1. The molecule has 0 aliphatic carbocycles. The zero-order valence-corrected chi connectivity index (χ0v) is 17.9. The van der Waals surface area contributed by atoms with Gasteiger partial charge in [-0.25, -0.2) is 0 Å². The standard InChI is InChI=1S/C25H24N2O5/c1-3-6-21(28)16-11-12-23-20(13-16)27(25(31)15(2)32-23)14-24(30)26-19-9-4-8-18-17(19)7-5-10-22(18)29/h4-5,7-13,15,29H,3,6,14H2,1-2H3,(H,26,30). The van der Waals surface area contributed by atoms with Crippen molar-refractivity contribution < 1.29 is 24.2 Å². The van der Waals surface area contributed by atoms with Gasteiger partial charge in [-0.2, -0.15) is 0 Å². The predicted octanol–water partition coefficient (Wildman–Crippen LogP) is 4.28. The van der Waals surface area contributed by atoms with Crippen LogP contribution in [0.5, 0.6) is 11.5 Å². The number of nitrogens with zero attached hydrogens (tertiary/aromatic N) is 1. The van der Waals surface area contributed by atoms with E-state index in [1.807, 2.05) is 6.92 Å². The molecule has 3 aromatic carbocycles. The van der Waals surface area contributed by atoms with Crippen molar-refractivity contribution >= 4 is 39.7 Å². The molecule has 2 amide bonds. The van der Waals surface area contributed by atoms with E-state index >= 15 is 0 Å². The summed E-state index contributed by atoms with van der Waals surface area (Å²) in [5, 5.41) is 14.2. The molecular weight excluding hydrogens is 408 g/mol. The summed E-state index contributed by atoms with van der Waals surface area (Å²) in [4.78, 5) is 39.5. The molecule has 0 bridgehead atoms. The molecule has 7 heteroatoms. The van der Waals surface area contributed by atoms with Crippen LogP contribution < -0.4 is 15.0 Å². The average molecular weight is 432 g/mol. The Labute approximate surface area is 185 Å². The number of anilines is 2. The lowest BCUT2D eigenvalue weighted by atomic mass is 10.0. The molecule has 1 unspecified atom stereocenters. The van der Waals surface area contributed by atoms with Crippen molar-refractivity contribution in [2.75, 3.05) is 16.8 Å². The molecule has 1 aliphatic rings. The van der Waals surface area contributed by atoms with Crippen LogP contribution in [0.25, 0.3) is 10.8 Å². The van der Waals surface area contributed by atoms with Crippen molar-refractivity contribution in [1.29, 1.82) is 0 Å². The molecule has 1 heterocycles. The highest BCUT2D eigenvalue weighted by Crippen LogP contribution is 2.35. The summed E-state index contributed by atoms with van der Waals surface area (Å²) < 4.78 is 5.68. The zero-order valence-electron chi connectivity index (χ0n) is 17.9. The topological polar surface area (TPSA) is 95.9 Å². The lowest BCUT2D eigenvalue weighted by Crippen LogP contribution is -2.47. The van der Waals surface area contributed by atoms with Crippen molar-refractivity contribution in [2.45, 2.75) is 32.8 Å². The predicted molar refractivity (Wildman–Crippen MR) is 122 cm³/mol. The van der Waals surface area contributed by atoms with E-state index in [9.17, 15) is 19.5 Å². The van der Waals surface area contributed by atoms with E-state index in [-0.39, 0.29) is 24.0 Å². The summed E-state index contributed by atoms with van der Waals surface area (Å²) in [6, 6.07) is 15.3.